The van der Waals surface area contributed by atoms with Gasteiger partial charge in [-0.25, -0.2) is 19.9 Å². The highest BCUT2D eigenvalue weighted by Gasteiger charge is 2.34. The fraction of sp³-hybridized carbons (Fsp3) is 0.222. The van der Waals surface area contributed by atoms with Gasteiger partial charge in [-0.1, -0.05) is 5.10 Å². The minimum Gasteiger partial charge on any atom is -0.477 e. The lowest BCUT2D eigenvalue weighted by atomic mass is 9.99. The number of carbonyl (C=O) groups is 2. The van der Waals surface area contributed by atoms with Gasteiger partial charge >= 0.3 is 5.97 Å². The van der Waals surface area contributed by atoms with Crippen LogP contribution in [-0.2, 0) is 4.79 Å². The molecule has 4 aromatic rings. The maximum atomic E-state index is 12.8. The van der Waals surface area contributed by atoms with E-state index in [1.165, 1.54) is 22.1 Å². The van der Waals surface area contributed by atoms with Gasteiger partial charge < -0.3 is 10.0 Å². The molecule has 1 fully saturated rings. The number of hydrogen-bond donors (Lipinski definition) is 3. The predicted molar refractivity (Wildman–Crippen MR) is 113 cm³/mol. The normalized spacial score (nSPS) is 13.8. The van der Waals surface area contributed by atoms with E-state index in [-0.39, 0.29) is 28.7 Å². The Kier molecular flexibility index (Phi) is 4.62. The summed E-state index contributed by atoms with van der Waals surface area (Å²) in [6, 6.07) is 1.72. The van der Waals surface area contributed by atoms with Crippen molar-refractivity contribution in [2.45, 2.75) is 6.92 Å². The van der Waals surface area contributed by atoms with E-state index >= 15 is 0 Å². The molecule has 162 valence electrons. The average Bonchev–Trinajstić information content (AvgIpc) is 3.40. The number of rotatable bonds is 5. The highest BCUT2D eigenvalue weighted by molar-refractivity contribution is 7.12. The molecule has 5 heterocycles. The zero-order valence-electron chi connectivity index (χ0n) is 16.5. The molecule has 0 atom stereocenters. The summed E-state index contributed by atoms with van der Waals surface area (Å²) in [5, 5.41) is 27.5. The van der Waals surface area contributed by atoms with E-state index in [2.05, 4.69) is 35.9 Å². The van der Waals surface area contributed by atoms with Crippen molar-refractivity contribution in [1.29, 1.82) is 0 Å². The quantitative estimate of drug-likeness (QED) is 0.385. The molecule has 0 aromatic carbocycles. The van der Waals surface area contributed by atoms with Crippen molar-refractivity contribution in [2.75, 3.05) is 23.3 Å². The number of tetrazole rings is 1. The zero-order valence-corrected chi connectivity index (χ0v) is 17.3. The summed E-state index contributed by atoms with van der Waals surface area (Å²) in [6.07, 6.45) is 2.84. The van der Waals surface area contributed by atoms with Gasteiger partial charge in [-0.3, -0.25) is 19.5 Å². The lowest BCUT2D eigenvalue weighted by molar-refractivity contribution is -0.120. The number of hydrogen-bond acceptors (Lipinski definition) is 10. The number of carboxylic acids is 1. The van der Waals surface area contributed by atoms with Gasteiger partial charge in [0.05, 0.1) is 11.3 Å². The van der Waals surface area contributed by atoms with Crippen LogP contribution in [0.4, 0.5) is 11.8 Å². The van der Waals surface area contributed by atoms with Gasteiger partial charge in [-0.15, -0.1) is 11.3 Å². The molecule has 32 heavy (non-hydrogen) atoms. The van der Waals surface area contributed by atoms with Crippen molar-refractivity contribution in [2.24, 2.45) is 5.92 Å². The summed E-state index contributed by atoms with van der Waals surface area (Å²) < 4.78 is 1.52. The monoisotopic (exact) mass is 453 g/mol. The number of carboxylic acid groups (broad SMARTS) is 1. The van der Waals surface area contributed by atoms with Gasteiger partial charge in [-0.05, 0) is 29.0 Å². The molecule has 1 saturated heterocycles. The fourth-order valence-electron chi connectivity index (χ4n) is 3.53. The number of carbonyl (C=O) groups excluding carboxylic acids is 1. The molecule has 1 amide bonds. The summed E-state index contributed by atoms with van der Waals surface area (Å²) in [6.45, 7) is 2.56. The largest absolute Gasteiger partial charge is 0.477 e. The number of anilines is 2. The van der Waals surface area contributed by atoms with Gasteiger partial charge in [0.25, 0.3) is 0 Å². The number of aryl methyl sites for hydroxylation is 1. The molecule has 0 unspecified atom stereocenters. The lowest BCUT2D eigenvalue weighted by Crippen LogP contribution is -2.52. The lowest BCUT2D eigenvalue weighted by Gasteiger charge is -2.39. The van der Waals surface area contributed by atoms with Gasteiger partial charge in [0, 0.05) is 30.9 Å². The number of aromatic carboxylic acids is 1. The minimum atomic E-state index is -1.32. The molecule has 0 radical (unpaired) electrons. The summed E-state index contributed by atoms with van der Waals surface area (Å²) in [5.74, 6) is -1.07. The van der Waals surface area contributed by atoms with E-state index < -0.39 is 11.4 Å². The predicted octanol–water partition coefficient (Wildman–Crippen LogP) is 0.437. The molecule has 4 aromatic heterocycles. The molecule has 3 N–H and O–H groups in total. The van der Waals surface area contributed by atoms with Crippen LogP contribution in [0.15, 0.2) is 28.6 Å². The van der Waals surface area contributed by atoms with Crippen LogP contribution in [0.2, 0.25) is 0 Å². The third-order valence-corrected chi connectivity index (χ3v) is 5.93. The second-order valence-electron chi connectivity index (χ2n) is 7.20. The Balaban J connectivity index is 1.50. The van der Waals surface area contributed by atoms with Crippen molar-refractivity contribution in [3.8, 4) is 5.13 Å². The van der Waals surface area contributed by atoms with Gasteiger partial charge in [0.2, 0.25) is 17.3 Å². The van der Waals surface area contributed by atoms with Crippen LogP contribution in [0.3, 0.4) is 0 Å². The van der Waals surface area contributed by atoms with Crippen LogP contribution in [-0.4, -0.2) is 65.2 Å². The first-order valence-electron chi connectivity index (χ1n) is 9.42. The Morgan fingerprint density at radius 2 is 2.16 bits per heavy atom. The van der Waals surface area contributed by atoms with Crippen LogP contribution in [0.5, 0.6) is 0 Å². The summed E-state index contributed by atoms with van der Waals surface area (Å²) in [7, 11) is 0. The Labute approximate surface area is 182 Å². The number of thiazole rings is 1. The number of nitrogens with zero attached hydrogens (tertiary/aromatic N) is 7. The van der Waals surface area contributed by atoms with E-state index in [0.29, 0.717) is 35.2 Å². The first kappa shape index (κ1) is 19.7. The summed E-state index contributed by atoms with van der Waals surface area (Å²) in [4.78, 5) is 47.6. The topological polar surface area (TPSA) is 172 Å². The van der Waals surface area contributed by atoms with E-state index in [4.69, 9.17) is 0 Å². The van der Waals surface area contributed by atoms with E-state index in [1.807, 2.05) is 4.90 Å². The molecular formula is C18H15N9O4S. The fourth-order valence-corrected chi connectivity index (χ4v) is 4.15. The number of fused-ring (bicyclic) bond motifs is 1. The third-order valence-electron chi connectivity index (χ3n) is 5.16. The second kappa shape index (κ2) is 7.49. The number of aromatic amines is 1. The molecule has 1 aliphatic heterocycles. The molecule has 0 saturated carbocycles. The average molecular weight is 453 g/mol. The molecule has 13 nitrogen and oxygen atoms in total. The third kappa shape index (κ3) is 3.26. The van der Waals surface area contributed by atoms with Crippen molar-refractivity contribution < 1.29 is 14.7 Å². The maximum absolute atomic E-state index is 12.8. The molecule has 5 rings (SSSR count). The number of aromatic nitrogens is 7. The Morgan fingerprint density at radius 1 is 1.34 bits per heavy atom. The number of nitrogens with one attached hydrogen (secondary N) is 2. The van der Waals surface area contributed by atoms with Crippen molar-refractivity contribution >= 4 is 46.0 Å². The van der Waals surface area contributed by atoms with Crippen LogP contribution in [0, 0.1) is 12.8 Å². The molecule has 0 bridgehead atoms. The number of H-pyrrole nitrogens is 1. The Bertz CT molecular complexity index is 1390. The van der Waals surface area contributed by atoms with Crippen LogP contribution < -0.4 is 15.6 Å². The number of pyridine rings is 2. The molecule has 0 aliphatic carbocycles. The van der Waals surface area contributed by atoms with Crippen LogP contribution in [0.1, 0.15) is 15.9 Å². The van der Waals surface area contributed by atoms with Gasteiger partial charge in [0.15, 0.2) is 10.8 Å². The standard InChI is InChI=1S/C18H15N9O4S/c1-8-4-11(26-5-9(6-26)15(29)21-17-22-24-25-23-17)20-14-12(8)13(28)10(16(30)31)7-27(14)18-19-2-3-32-18/h2-4,7,9H,5-6H2,1H3,(H,30,31)(H2,21,22,23,24,25,29). The maximum Gasteiger partial charge on any atom is 0.341 e. The summed E-state index contributed by atoms with van der Waals surface area (Å²) in [5.41, 5.74) is -0.0547. The highest BCUT2D eigenvalue weighted by Crippen LogP contribution is 2.28. The van der Waals surface area contributed by atoms with Gasteiger partial charge in [-0.2, -0.15) is 0 Å². The van der Waals surface area contributed by atoms with Crippen molar-refractivity contribution in [3.05, 3.63) is 45.2 Å². The Hall–Kier alpha value is -4.20. The van der Waals surface area contributed by atoms with Crippen molar-refractivity contribution in [3.63, 3.8) is 0 Å². The summed E-state index contributed by atoms with van der Waals surface area (Å²) >= 11 is 1.29. The first-order chi connectivity index (χ1) is 15.4. The second-order valence-corrected chi connectivity index (χ2v) is 8.07. The minimum absolute atomic E-state index is 0.176. The Morgan fingerprint density at radius 3 is 2.81 bits per heavy atom. The van der Waals surface area contributed by atoms with Crippen LogP contribution >= 0.6 is 11.3 Å². The van der Waals surface area contributed by atoms with Gasteiger partial charge in [0.1, 0.15) is 11.4 Å². The smallest absolute Gasteiger partial charge is 0.341 e. The zero-order chi connectivity index (χ0) is 22.4. The van der Waals surface area contributed by atoms with E-state index in [9.17, 15) is 19.5 Å². The SMILES string of the molecule is Cc1cc(N2CC(C(=O)Nc3nnn[nH]3)C2)nc2c1c(=O)c(C(=O)O)cn2-c1nccs1. The molecule has 1 aliphatic rings. The highest BCUT2D eigenvalue weighted by atomic mass is 32.1. The van der Waals surface area contributed by atoms with E-state index in [0.717, 1.165) is 0 Å². The number of amides is 1. The van der Waals surface area contributed by atoms with E-state index in [1.54, 1.807) is 24.6 Å². The molecule has 0 spiro atoms. The molecule has 14 heteroatoms. The van der Waals surface area contributed by atoms with Crippen molar-refractivity contribution in [1.82, 2.24) is 35.2 Å². The first-order valence-corrected chi connectivity index (χ1v) is 10.3. The van der Waals surface area contributed by atoms with Crippen LogP contribution in [0.25, 0.3) is 16.2 Å². The molecular weight excluding hydrogens is 438 g/mol.